The molecule has 29 heavy (non-hydrogen) atoms. The topological polar surface area (TPSA) is 87.7 Å². The molecular formula is C18H16F3N3O4S. The van der Waals surface area contributed by atoms with Gasteiger partial charge in [-0.3, -0.25) is 9.59 Å². The number of pyridine rings is 1. The molecule has 0 aliphatic carbocycles. The van der Waals surface area contributed by atoms with Gasteiger partial charge in [0, 0.05) is 37.9 Å². The fourth-order valence-electron chi connectivity index (χ4n) is 2.92. The maximum Gasteiger partial charge on any atom is 0.503 e. The number of nitrogens with zero attached hydrogens (tertiary/aromatic N) is 3. The van der Waals surface area contributed by atoms with E-state index in [4.69, 9.17) is 0 Å². The second-order valence-electron chi connectivity index (χ2n) is 6.26. The van der Waals surface area contributed by atoms with Crippen molar-refractivity contribution < 1.29 is 31.2 Å². The van der Waals surface area contributed by atoms with Crippen LogP contribution in [0, 0.1) is 0 Å². The monoisotopic (exact) mass is 427 g/mol. The van der Waals surface area contributed by atoms with Crippen molar-refractivity contribution in [3.8, 4) is 0 Å². The van der Waals surface area contributed by atoms with E-state index in [1.807, 2.05) is 0 Å². The molecule has 7 nitrogen and oxygen atoms in total. The van der Waals surface area contributed by atoms with Gasteiger partial charge in [-0.1, -0.05) is 18.2 Å². The number of rotatable bonds is 3. The van der Waals surface area contributed by atoms with Crippen molar-refractivity contribution in [2.45, 2.75) is 10.5 Å². The highest BCUT2D eigenvalue weighted by atomic mass is 32.2. The molecule has 1 aliphatic rings. The van der Waals surface area contributed by atoms with Gasteiger partial charge in [0.1, 0.15) is 0 Å². The number of hydrogen-bond donors (Lipinski definition) is 0. The Morgan fingerprint density at radius 2 is 1.41 bits per heavy atom. The van der Waals surface area contributed by atoms with Gasteiger partial charge in [-0.15, -0.1) is 0 Å². The molecule has 0 bridgehead atoms. The summed E-state index contributed by atoms with van der Waals surface area (Å²) in [6.07, 6.45) is 0.881. The lowest BCUT2D eigenvalue weighted by molar-refractivity contribution is -0.0438. The summed E-state index contributed by atoms with van der Waals surface area (Å²) in [5.74, 6) is -1.10. The zero-order chi connectivity index (χ0) is 21.2. The highest BCUT2D eigenvalue weighted by Crippen LogP contribution is 2.31. The van der Waals surface area contributed by atoms with Crippen LogP contribution in [0.5, 0.6) is 0 Å². The molecule has 154 valence electrons. The lowest BCUT2D eigenvalue weighted by atomic mass is 10.1. The normalized spacial score (nSPS) is 15.3. The molecule has 2 aromatic rings. The first kappa shape index (κ1) is 20.8. The number of piperazine rings is 1. The number of halogens is 3. The quantitative estimate of drug-likeness (QED) is 0.748. The van der Waals surface area contributed by atoms with E-state index in [9.17, 15) is 31.2 Å². The first-order chi connectivity index (χ1) is 13.6. The summed E-state index contributed by atoms with van der Waals surface area (Å²) < 4.78 is 62.2. The van der Waals surface area contributed by atoms with Crippen molar-refractivity contribution in [1.82, 2.24) is 14.8 Å². The predicted octanol–water partition coefficient (Wildman–Crippen LogP) is 1.97. The summed E-state index contributed by atoms with van der Waals surface area (Å²) in [4.78, 5) is 31.2. The Morgan fingerprint density at radius 3 is 1.97 bits per heavy atom. The molecule has 2 heterocycles. The molecule has 1 aromatic heterocycles. The van der Waals surface area contributed by atoms with Gasteiger partial charge in [0.25, 0.3) is 21.7 Å². The van der Waals surface area contributed by atoms with Crippen LogP contribution in [-0.4, -0.2) is 66.7 Å². The molecule has 1 saturated heterocycles. The van der Waals surface area contributed by atoms with Crippen molar-refractivity contribution in [3.05, 3.63) is 59.8 Å². The second-order valence-corrected chi connectivity index (χ2v) is 8.11. The minimum absolute atomic E-state index is 0.0534. The zero-order valence-corrected chi connectivity index (χ0v) is 15.8. The van der Waals surface area contributed by atoms with Gasteiger partial charge < -0.3 is 9.80 Å². The predicted molar refractivity (Wildman–Crippen MR) is 95.7 cm³/mol. The molecule has 1 fully saturated rings. The van der Waals surface area contributed by atoms with E-state index in [-0.39, 0.29) is 32.1 Å². The molecular weight excluding hydrogens is 411 g/mol. The van der Waals surface area contributed by atoms with Crippen LogP contribution in [0.2, 0.25) is 0 Å². The van der Waals surface area contributed by atoms with Crippen molar-refractivity contribution >= 4 is 21.7 Å². The number of carbonyl (C=O) groups is 2. The van der Waals surface area contributed by atoms with Crippen LogP contribution in [0.1, 0.15) is 20.7 Å². The lowest BCUT2D eigenvalue weighted by Crippen LogP contribution is -2.50. The Bertz CT molecular complexity index is 1020. The molecule has 0 N–H and O–H groups in total. The lowest BCUT2D eigenvalue weighted by Gasteiger charge is -2.35. The van der Waals surface area contributed by atoms with Crippen LogP contribution in [0.3, 0.4) is 0 Å². The molecule has 1 aliphatic heterocycles. The average molecular weight is 427 g/mol. The second kappa shape index (κ2) is 7.82. The zero-order valence-electron chi connectivity index (χ0n) is 15.0. The summed E-state index contributed by atoms with van der Waals surface area (Å²) >= 11 is 0. The van der Waals surface area contributed by atoms with Gasteiger partial charge >= 0.3 is 5.51 Å². The number of carbonyl (C=O) groups excluding carboxylic acids is 2. The largest absolute Gasteiger partial charge is 0.503 e. The standard InChI is InChI=1S/C18H16F3N3O4S/c19-18(20,21)29(27,28)15-14(7-4-8-22-15)17(26)24-11-9-23(10-12-24)16(25)13-5-2-1-3-6-13/h1-8H,9-12H2. The van der Waals surface area contributed by atoms with Crippen LogP contribution >= 0.6 is 0 Å². The Morgan fingerprint density at radius 1 is 0.862 bits per heavy atom. The highest BCUT2D eigenvalue weighted by Gasteiger charge is 2.49. The summed E-state index contributed by atoms with van der Waals surface area (Å²) in [6, 6.07) is 10.7. The number of benzene rings is 1. The van der Waals surface area contributed by atoms with Crippen molar-refractivity contribution in [3.63, 3.8) is 0 Å². The van der Waals surface area contributed by atoms with Crippen LogP contribution in [-0.2, 0) is 9.84 Å². The van der Waals surface area contributed by atoms with Gasteiger partial charge in [-0.25, -0.2) is 13.4 Å². The van der Waals surface area contributed by atoms with E-state index >= 15 is 0 Å². The average Bonchev–Trinajstić information content (AvgIpc) is 2.72. The van der Waals surface area contributed by atoms with Crippen LogP contribution in [0.4, 0.5) is 13.2 Å². The molecule has 2 amide bonds. The summed E-state index contributed by atoms with van der Waals surface area (Å²) in [7, 11) is -5.77. The van der Waals surface area contributed by atoms with Crippen LogP contribution in [0.15, 0.2) is 53.7 Å². The van der Waals surface area contributed by atoms with Gasteiger partial charge in [0.15, 0.2) is 5.03 Å². The van der Waals surface area contributed by atoms with Crippen molar-refractivity contribution in [2.75, 3.05) is 26.2 Å². The van der Waals surface area contributed by atoms with Crippen molar-refractivity contribution in [1.29, 1.82) is 0 Å². The third-order valence-electron chi connectivity index (χ3n) is 4.44. The molecule has 0 spiro atoms. The molecule has 0 unspecified atom stereocenters. The summed E-state index contributed by atoms with van der Waals surface area (Å²) in [5, 5.41) is -1.32. The van der Waals surface area contributed by atoms with E-state index in [0.29, 0.717) is 5.56 Å². The van der Waals surface area contributed by atoms with Gasteiger partial charge in [-0.05, 0) is 24.3 Å². The molecule has 11 heteroatoms. The van der Waals surface area contributed by atoms with Crippen molar-refractivity contribution in [2.24, 2.45) is 0 Å². The van der Waals surface area contributed by atoms with E-state index in [1.165, 1.54) is 15.9 Å². The number of sulfone groups is 1. The first-order valence-electron chi connectivity index (χ1n) is 8.53. The van der Waals surface area contributed by atoms with Crippen LogP contribution < -0.4 is 0 Å². The minimum atomic E-state index is -5.77. The van der Waals surface area contributed by atoms with Crippen LogP contribution in [0.25, 0.3) is 0 Å². The SMILES string of the molecule is O=C(c1ccccc1)N1CCN(C(=O)c2cccnc2S(=O)(=O)C(F)(F)F)CC1. The van der Waals surface area contributed by atoms with E-state index in [0.717, 1.165) is 12.3 Å². The van der Waals surface area contributed by atoms with Gasteiger partial charge in [0.2, 0.25) is 0 Å². The van der Waals surface area contributed by atoms with Gasteiger partial charge in [0.05, 0.1) is 5.56 Å². The minimum Gasteiger partial charge on any atom is -0.335 e. The number of aromatic nitrogens is 1. The summed E-state index contributed by atoms with van der Waals surface area (Å²) in [6.45, 7) is 0.442. The smallest absolute Gasteiger partial charge is 0.335 e. The summed E-state index contributed by atoms with van der Waals surface area (Å²) in [5.41, 5.74) is -5.73. The third kappa shape index (κ3) is 4.09. The maximum absolute atomic E-state index is 12.9. The Hall–Kier alpha value is -2.95. The van der Waals surface area contributed by atoms with E-state index < -0.39 is 31.8 Å². The van der Waals surface area contributed by atoms with Gasteiger partial charge in [-0.2, -0.15) is 13.2 Å². The fraction of sp³-hybridized carbons (Fsp3) is 0.278. The highest BCUT2D eigenvalue weighted by molar-refractivity contribution is 7.92. The maximum atomic E-state index is 12.9. The number of hydrogen-bond acceptors (Lipinski definition) is 5. The Kier molecular flexibility index (Phi) is 5.60. The first-order valence-corrected chi connectivity index (χ1v) is 10.0. The third-order valence-corrected chi connectivity index (χ3v) is 5.88. The molecule has 0 atom stereocenters. The molecule has 3 rings (SSSR count). The fourth-order valence-corrected chi connectivity index (χ4v) is 3.79. The molecule has 0 radical (unpaired) electrons. The molecule has 0 saturated carbocycles. The van der Waals surface area contributed by atoms with E-state index in [1.54, 1.807) is 30.3 Å². The number of amides is 2. The number of alkyl halides is 3. The molecule has 1 aromatic carbocycles. The Labute approximate surface area is 164 Å². The Balaban J connectivity index is 1.76. The van der Waals surface area contributed by atoms with E-state index in [2.05, 4.69) is 4.98 Å².